The van der Waals surface area contributed by atoms with Gasteiger partial charge in [-0.05, 0) is 30.9 Å². The lowest BCUT2D eigenvalue weighted by atomic mass is 10.0. The molecule has 0 radical (unpaired) electrons. The molecule has 7 nitrogen and oxygen atoms in total. The summed E-state index contributed by atoms with van der Waals surface area (Å²) in [5, 5.41) is 12.0. The summed E-state index contributed by atoms with van der Waals surface area (Å²) in [4.78, 5) is 1.45. The number of aromatic nitrogens is 4. The molecule has 0 aromatic carbocycles. The van der Waals surface area contributed by atoms with Crippen LogP contribution in [0.15, 0.2) is 0 Å². The van der Waals surface area contributed by atoms with Crippen molar-refractivity contribution < 1.29 is 4.74 Å². The molecule has 3 N–H and O–H groups in total. The zero-order valence-corrected chi connectivity index (χ0v) is 10.3. The predicted octanol–water partition coefficient (Wildman–Crippen LogP) is -0.600. The van der Waals surface area contributed by atoms with Gasteiger partial charge in [0.1, 0.15) is 0 Å². The Morgan fingerprint density at radius 3 is 2.82 bits per heavy atom. The zero-order valence-electron chi connectivity index (χ0n) is 10.3. The first-order chi connectivity index (χ1) is 8.24. The Bertz CT molecular complexity index is 350. The number of rotatable bonds is 7. The lowest BCUT2D eigenvalue weighted by Gasteiger charge is -2.25. The van der Waals surface area contributed by atoms with Crippen LogP contribution in [0.25, 0.3) is 0 Å². The first-order valence-electron chi connectivity index (χ1n) is 6.05. The van der Waals surface area contributed by atoms with E-state index in [1.807, 2.05) is 6.92 Å². The van der Waals surface area contributed by atoms with Crippen LogP contribution in [0.1, 0.15) is 25.6 Å². The summed E-state index contributed by atoms with van der Waals surface area (Å²) in [7, 11) is 1.75. The Morgan fingerprint density at radius 2 is 2.35 bits per heavy atom. The van der Waals surface area contributed by atoms with Gasteiger partial charge in [-0.25, -0.2) is 0 Å². The molecule has 1 aromatic heterocycles. The van der Waals surface area contributed by atoms with Crippen LogP contribution in [0.5, 0.6) is 0 Å². The Morgan fingerprint density at radius 1 is 1.59 bits per heavy atom. The van der Waals surface area contributed by atoms with Crippen LogP contribution >= 0.6 is 0 Å². The summed E-state index contributed by atoms with van der Waals surface area (Å²) < 4.78 is 5.77. The largest absolute Gasteiger partial charge is 0.377 e. The summed E-state index contributed by atoms with van der Waals surface area (Å²) in [6.07, 6.45) is 3.23. The number of hydrazine groups is 1. The van der Waals surface area contributed by atoms with E-state index in [1.165, 1.54) is 17.6 Å². The average Bonchev–Trinajstić information content (AvgIpc) is 3.07. The molecule has 7 heteroatoms. The van der Waals surface area contributed by atoms with E-state index in [0.29, 0.717) is 24.8 Å². The van der Waals surface area contributed by atoms with Gasteiger partial charge in [-0.1, -0.05) is 0 Å². The molecule has 0 bridgehead atoms. The number of ether oxygens (including phenoxy) is 1. The van der Waals surface area contributed by atoms with Gasteiger partial charge in [0, 0.05) is 13.0 Å². The number of nitrogens with zero attached hydrogens (tertiary/aromatic N) is 4. The van der Waals surface area contributed by atoms with Crippen molar-refractivity contribution in [1.82, 2.24) is 25.6 Å². The van der Waals surface area contributed by atoms with Crippen LogP contribution in [0, 0.1) is 5.92 Å². The van der Waals surface area contributed by atoms with Crippen molar-refractivity contribution in [3.8, 4) is 0 Å². The highest BCUT2D eigenvalue weighted by atomic mass is 16.5. The minimum atomic E-state index is 0.0478. The molecule has 1 saturated carbocycles. The molecule has 96 valence electrons. The number of nitrogens with one attached hydrogen (secondary N) is 1. The molecule has 1 aromatic rings. The zero-order chi connectivity index (χ0) is 12.3. The predicted molar refractivity (Wildman–Crippen MR) is 61.8 cm³/mol. The number of hydrogen-bond donors (Lipinski definition) is 2. The number of tetrazole rings is 1. The molecular formula is C10H20N6O. The fourth-order valence-corrected chi connectivity index (χ4v) is 2.07. The first kappa shape index (κ1) is 12.4. The van der Waals surface area contributed by atoms with Crippen molar-refractivity contribution in [2.24, 2.45) is 18.8 Å². The Labute approximate surface area is 101 Å². The average molecular weight is 240 g/mol. The summed E-state index contributed by atoms with van der Waals surface area (Å²) in [6, 6.07) is 0.0478. The van der Waals surface area contributed by atoms with Crippen LogP contribution in [-0.4, -0.2) is 39.0 Å². The van der Waals surface area contributed by atoms with Gasteiger partial charge in [0.05, 0.1) is 19.2 Å². The van der Waals surface area contributed by atoms with Gasteiger partial charge in [0.25, 0.3) is 0 Å². The minimum absolute atomic E-state index is 0.0478. The molecule has 0 saturated heterocycles. The van der Waals surface area contributed by atoms with Crippen molar-refractivity contribution in [2.45, 2.75) is 38.3 Å². The number of hydrogen-bond acceptors (Lipinski definition) is 6. The van der Waals surface area contributed by atoms with Gasteiger partial charge in [-0.2, -0.15) is 4.80 Å². The molecule has 1 aliphatic rings. The van der Waals surface area contributed by atoms with E-state index >= 15 is 0 Å². The summed E-state index contributed by atoms with van der Waals surface area (Å²) in [6.45, 7) is 2.71. The smallest absolute Gasteiger partial charge is 0.176 e. The Kier molecular flexibility index (Phi) is 4.03. The van der Waals surface area contributed by atoms with Gasteiger partial charge in [-0.3, -0.25) is 11.3 Å². The molecule has 1 fully saturated rings. The van der Waals surface area contributed by atoms with Gasteiger partial charge in [0.2, 0.25) is 0 Å². The molecule has 1 aliphatic carbocycles. The molecule has 2 rings (SSSR count). The van der Waals surface area contributed by atoms with E-state index in [0.717, 1.165) is 0 Å². The van der Waals surface area contributed by atoms with Gasteiger partial charge >= 0.3 is 0 Å². The van der Waals surface area contributed by atoms with Crippen LogP contribution < -0.4 is 11.3 Å². The van der Waals surface area contributed by atoms with Crippen LogP contribution in [0.4, 0.5) is 0 Å². The number of aryl methyl sites for hydroxylation is 1. The van der Waals surface area contributed by atoms with Crippen molar-refractivity contribution in [3.63, 3.8) is 0 Å². The lowest BCUT2D eigenvalue weighted by molar-refractivity contribution is 0.0187. The maximum Gasteiger partial charge on any atom is 0.176 e. The van der Waals surface area contributed by atoms with E-state index in [9.17, 15) is 0 Å². The highest BCUT2D eigenvalue weighted by Gasteiger charge is 2.37. The van der Waals surface area contributed by atoms with E-state index in [-0.39, 0.29) is 12.1 Å². The van der Waals surface area contributed by atoms with Gasteiger partial charge in [-0.15, -0.1) is 10.2 Å². The monoisotopic (exact) mass is 240 g/mol. The summed E-state index contributed by atoms with van der Waals surface area (Å²) in [5.41, 5.74) is 2.82. The van der Waals surface area contributed by atoms with Crippen LogP contribution in [0.3, 0.4) is 0 Å². The van der Waals surface area contributed by atoms with Crippen LogP contribution in [0.2, 0.25) is 0 Å². The summed E-state index contributed by atoms with van der Waals surface area (Å²) >= 11 is 0. The molecule has 0 spiro atoms. The van der Waals surface area contributed by atoms with Crippen molar-refractivity contribution in [3.05, 3.63) is 5.82 Å². The SMILES string of the molecule is CCOC(C1CC1)C(Cc1nnn(C)n1)NN. The van der Waals surface area contributed by atoms with Gasteiger partial charge in [0.15, 0.2) is 5.82 Å². The lowest BCUT2D eigenvalue weighted by Crippen LogP contribution is -2.48. The third kappa shape index (κ3) is 3.21. The van der Waals surface area contributed by atoms with Crippen molar-refractivity contribution in [1.29, 1.82) is 0 Å². The molecule has 0 amide bonds. The first-order valence-corrected chi connectivity index (χ1v) is 6.05. The van der Waals surface area contributed by atoms with E-state index in [1.54, 1.807) is 7.05 Å². The molecule has 1 heterocycles. The summed E-state index contributed by atoms with van der Waals surface area (Å²) in [5.74, 6) is 6.92. The standard InChI is InChI=1S/C10H20N6O/c1-3-17-10(7-4-5-7)8(12-11)6-9-13-15-16(2)14-9/h7-8,10,12H,3-6,11H2,1-2H3. The Hall–Kier alpha value is -1.05. The molecular weight excluding hydrogens is 220 g/mol. The van der Waals surface area contributed by atoms with Crippen LogP contribution in [-0.2, 0) is 18.2 Å². The second kappa shape index (κ2) is 5.52. The molecule has 17 heavy (non-hydrogen) atoms. The minimum Gasteiger partial charge on any atom is -0.377 e. The molecule has 2 unspecified atom stereocenters. The quantitative estimate of drug-likeness (QED) is 0.488. The van der Waals surface area contributed by atoms with E-state index in [4.69, 9.17) is 10.6 Å². The number of nitrogens with two attached hydrogens (primary N) is 1. The van der Waals surface area contributed by atoms with Gasteiger partial charge < -0.3 is 4.74 Å². The van der Waals surface area contributed by atoms with E-state index < -0.39 is 0 Å². The second-order valence-electron chi connectivity index (χ2n) is 4.43. The van der Waals surface area contributed by atoms with Crippen molar-refractivity contribution in [2.75, 3.05) is 6.61 Å². The topological polar surface area (TPSA) is 90.9 Å². The molecule has 2 atom stereocenters. The second-order valence-corrected chi connectivity index (χ2v) is 4.43. The highest BCUT2D eigenvalue weighted by molar-refractivity contribution is 4.94. The maximum atomic E-state index is 5.77. The van der Waals surface area contributed by atoms with E-state index in [2.05, 4.69) is 20.8 Å². The maximum absolute atomic E-state index is 5.77. The third-order valence-electron chi connectivity index (χ3n) is 3.01. The Balaban J connectivity index is 1.98. The normalized spacial score (nSPS) is 19.2. The highest BCUT2D eigenvalue weighted by Crippen LogP contribution is 2.36. The van der Waals surface area contributed by atoms with Crippen molar-refractivity contribution >= 4 is 0 Å². The fraction of sp³-hybridized carbons (Fsp3) is 0.900. The third-order valence-corrected chi connectivity index (χ3v) is 3.01. The molecule has 0 aliphatic heterocycles. The fourth-order valence-electron chi connectivity index (χ4n) is 2.07.